The van der Waals surface area contributed by atoms with E-state index in [4.69, 9.17) is 4.74 Å². The van der Waals surface area contributed by atoms with Crippen LogP contribution in [0.25, 0.3) is 0 Å². The minimum atomic E-state index is 0.293. The van der Waals surface area contributed by atoms with Crippen molar-refractivity contribution in [2.75, 3.05) is 14.2 Å². The molecule has 0 spiro atoms. The molecule has 0 aliphatic carbocycles. The van der Waals surface area contributed by atoms with Gasteiger partial charge in [-0.15, -0.1) is 0 Å². The van der Waals surface area contributed by atoms with Gasteiger partial charge < -0.3 is 10.1 Å². The highest BCUT2D eigenvalue weighted by molar-refractivity contribution is 5.28. The smallest absolute Gasteiger partial charge is 0.118 e. The van der Waals surface area contributed by atoms with Gasteiger partial charge in [-0.05, 0) is 63.1 Å². The first kappa shape index (κ1) is 15.4. The van der Waals surface area contributed by atoms with Crippen LogP contribution in [0.3, 0.4) is 0 Å². The first-order chi connectivity index (χ1) is 10.1. The minimum absolute atomic E-state index is 0.293. The molecule has 1 heterocycles. The van der Waals surface area contributed by atoms with Crippen LogP contribution in [0, 0.1) is 13.8 Å². The van der Waals surface area contributed by atoms with Crippen molar-refractivity contribution in [2.24, 2.45) is 0 Å². The molecule has 0 amide bonds. The minimum Gasteiger partial charge on any atom is -0.497 e. The van der Waals surface area contributed by atoms with Crippen molar-refractivity contribution in [2.45, 2.75) is 32.7 Å². The number of aryl methyl sites for hydroxylation is 3. The Bertz CT molecular complexity index is 581. The molecule has 112 valence electrons. The fourth-order valence-corrected chi connectivity index (χ4v) is 2.48. The molecule has 21 heavy (non-hydrogen) atoms. The van der Waals surface area contributed by atoms with Gasteiger partial charge in [-0.2, -0.15) is 10.2 Å². The second-order valence-corrected chi connectivity index (χ2v) is 5.25. The number of ether oxygens (including phenoxy) is 1. The zero-order valence-corrected chi connectivity index (χ0v) is 13.2. The van der Waals surface area contributed by atoms with Crippen molar-refractivity contribution in [1.82, 2.24) is 15.5 Å². The van der Waals surface area contributed by atoms with Gasteiger partial charge >= 0.3 is 0 Å². The molecule has 0 aliphatic rings. The fourth-order valence-electron chi connectivity index (χ4n) is 2.48. The molecule has 0 saturated heterocycles. The maximum atomic E-state index is 5.19. The van der Waals surface area contributed by atoms with E-state index in [1.807, 2.05) is 33.0 Å². The molecule has 4 heteroatoms. The Balaban J connectivity index is 2.06. The van der Waals surface area contributed by atoms with E-state index in [0.29, 0.717) is 6.04 Å². The predicted molar refractivity (Wildman–Crippen MR) is 84.6 cm³/mol. The highest BCUT2D eigenvalue weighted by atomic mass is 16.5. The van der Waals surface area contributed by atoms with Gasteiger partial charge in [-0.25, -0.2) is 0 Å². The van der Waals surface area contributed by atoms with Gasteiger partial charge in [0.1, 0.15) is 5.75 Å². The molecule has 1 aromatic carbocycles. The zero-order valence-electron chi connectivity index (χ0n) is 13.2. The topological polar surface area (TPSA) is 47.0 Å². The van der Waals surface area contributed by atoms with E-state index in [0.717, 1.165) is 30.0 Å². The largest absolute Gasteiger partial charge is 0.497 e. The number of methoxy groups -OCH3 is 1. The summed E-state index contributed by atoms with van der Waals surface area (Å²) in [5, 5.41) is 11.7. The Morgan fingerprint density at radius 2 is 1.86 bits per heavy atom. The highest BCUT2D eigenvalue weighted by Crippen LogP contribution is 2.22. The number of nitrogens with one attached hydrogen (secondary N) is 1. The lowest BCUT2D eigenvalue weighted by Crippen LogP contribution is -2.19. The summed E-state index contributed by atoms with van der Waals surface area (Å²) < 4.78 is 5.19. The summed E-state index contributed by atoms with van der Waals surface area (Å²) in [4.78, 5) is 0. The van der Waals surface area contributed by atoms with Crippen molar-refractivity contribution < 1.29 is 4.74 Å². The normalized spacial score (nSPS) is 12.2. The van der Waals surface area contributed by atoms with E-state index in [1.165, 1.54) is 11.1 Å². The Morgan fingerprint density at radius 1 is 1.14 bits per heavy atom. The third-order valence-corrected chi connectivity index (χ3v) is 3.74. The third-order valence-electron chi connectivity index (χ3n) is 3.74. The highest BCUT2D eigenvalue weighted by Gasteiger charge is 2.13. The summed E-state index contributed by atoms with van der Waals surface area (Å²) in [6, 6.07) is 10.7. The molecule has 2 rings (SSSR count). The standard InChI is InChI=1S/C17H23N3O/c1-12-11-16(13(2)20-19-12)17(18-3)10-7-14-5-8-15(21-4)9-6-14/h5-6,8-9,11,17-18H,7,10H2,1-4H3. The van der Waals surface area contributed by atoms with Gasteiger partial charge in [0.15, 0.2) is 0 Å². The second kappa shape index (κ2) is 7.18. The van der Waals surface area contributed by atoms with E-state index >= 15 is 0 Å². The Kier molecular flexibility index (Phi) is 5.28. The summed E-state index contributed by atoms with van der Waals surface area (Å²) in [6.07, 6.45) is 2.03. The van der Waals surface area contributed by atoms with Crippen molar-refractivity contribution in [3.63, 3.8) is 0 Å². The van der Waals surface area contributed by atoms with Crippen LogP contribution in [0.1, 0.15) is 35.0 Å². The zero-order chi connectivity index (χ0) is 15.2. The molecule has 0 fully saturated rings. The summed E-state index contributed by atoms with van der Waals surface area (Å²) in [6.45, 7) is 3.99. The van der Waals surface area contributed by atoms with E-state index in [9.17, 15) is 0 Å². The second-order valence-electron chi connectivity index (χ2n) is 5.25. The molecule has 0 radical (unpaired) electrons. The van der Waals surface area contributed by atoms with Crippen molar-refractivity contribution in [1.29, 1.82) is 0 Å². The third kappa shape index (κ3) is 4.02. The lowest BCUT2D eigenvalue weighted by atomic mass is 9.98. The lowest BCUT2D eigenvalue weighted by molar-refractivity contribution is 0.414. The molecule has 0 bridgehead atoms. The Hall–Kier alpha value is -1.94. The maximum Gasteiger partial charge on any atom is 0.118 e. The number of rotatable bonds is 6. The molecule has 1 atom stereocenters. The van der Waals surface area contributed by atoms with Crippen LogP contribution in [0.5, 0.6) is 5.75 Å². The van der Waals surface area contributed by atoms with Crippen LogP contribution in [0.4, 0.5) is 0 Å². The van der Waals surface area contributed by atoms with Gasteiger partial charge in [0.25, 0.3) is 0 Å². The van der Waals surface area contributed by atoms with Gasteiger partial charge in [0.05, 0.1) is 18.5 Å². The predicted octanol–water partition coefficient (Wildman–Crippen LogP) is 3.00. The van der Waals surface area contributed by atoms with Crippen molar-refractivity contribution >= 4 is 0 Å². The number of aromatic nitrogens is 2. The van der Waals surface area contributed by atoms with Crippen LogP contribution < -0.4 is 10.1 Å². The van der Waals surface area contributed by atoms with Crippen LogP contribution in [0.2, 0.25) is 0 Å². The average molecular weight is 285 g/mol. The van der Waals surface area contributed by atoms with E-state index in [1.54, 1.807) is 7.11 Å². The molecular formula is C17H23N3O. The average Bonchev–Trinajstić information content (AvgIpc) is 2.51. The summed E-state index contributed by atoms with van der Waals surface area (Å²) in [7, 11) is 3.68. The van der Waals surface area contributed by atoms with Crippen LogP contribution in [-0.2, 0) is 6.42 Å². The van der Waals surface area contributed by atoms with E-state index in [-0.39, 0.29) is 0 Å². The lowest BCUT2D eigenvalue weighted by Gasteiger charge is -2.18. The number of hydrogen-bond acceptors (Lipinski definition) is 4. The molecule has 2 aromatic rings. The number of nitrogens with zero attached hydrogens (tertiary/aromatic N) is 2. The quantitative estimate of drug-likeness (QED) is 0.886. The fraction of sp³-hybridized carbons (Fsp3) is 0.412. The van der Waals surface area contributed by atoms with Gasteiger partial charge in [-0.1, -0.05) is 12.1 Å². The number of benzene rings is 1. The first-order valence-electron chi connectivity index (χ1n) is 7.25. The van der Waals surface area contributed by atoms with Crippen molar-refractivity contribution in [3.05, 3.63) is 52.8 Å². The Morgan fingerprint density at radius 3 is 2.48 bits per heavy atom. The van der Waals surface area contributed by atoms with Gasteiger partial charge in [-0.3, -0.25) is 0 Å². The van der Waals surface area contributed by atoms with Crippen LogP contribution in [-0.4, -0.2) is 24.4 Å². The van der Waals surface area contributed by atoms with E-state index in [2.05, 4.69) is 33.7 Å². The molecular weight excluding hydrogens is 262 g/mol. The summed E-state index contributed by atoms with van der Waals surface area (Å²) in [5.74, 6) is 0.897. The van der Waals surface area contributed by atoms with Gasteiger partial charge in [0.2, 0.25) is 0 Å². The first-order valence-corrected chi connectivity index (χ1v) is 7.25. The summed E-state index contributed by atoms with van der Waals surface area (Å²) in [5.41, 5.74) is 4.50. The van der Waals surface area contributed by atoms with Crippen LogP contribution in [0.15, 0.2) is 30.3 Å². The molecule has 0 aliphatic heterocycles. The molecule has 1 N–H and O–H groups in total. The molecule has 0 saturated carbocycles. The monoisotopic (exact) mass is 285 g/mol. The summed E-state index contributed by atoms with van der Waals surface area (Å²) >= 11 is 0. The Labute approximate surface area is 126 Å². The number of hydrogen-bond donors (Lipinski definition) is 1. The SMILES string of the molecule is CNC(CCc1ccc(OC)cc1)c1cc(C)nnc1C. The molecule has 1 aromatic heterocycles. The van der Waals surface area contributed by atoms with Crippen LogP contribution >= 0.6 is 0 Å². The van der Waals surface area contributed by atoms with Crippen molar-refractivity contribution in [3.8, 4) is 5.75 Å². The van der Waals surface area contributed by atoms with E-state index < -0.39 is 0 Å². The molecule has 1 unspecified atom stereocenters. The maximum absolute atomic E-state index is 5.19. The molecule has 4 nitrogen and oxygen atoms in total. The van der Waals surface area contributed by atoms with Gasteiger partial charge in [0, 0.05) is 6.04 Å².